The van der Waals surface area contributed by atoms with Crippen molar-refractivity contribution in [3.05, 3.63) is 58.3 Å². The summed E-state index contributed by atoms with van der Waals surface area (Å²) >= 11 is 0. The summed E-state index contributed by atoms with van der Waals surface area (Å²) in [5, 5.41) is 15.4. The maximum atomic E-state index is 13.6. The highest BCUT2D eigenvalue weighted by Gasteiger charge is 2.26. The van der Waals surface area contributed by atoms with Crippen LogP contribution in [0.2, 0.25) is 0 Å². The van der Waals surface area contributed by atoms with E-state index in [4.69, 9.17) is 0 Å². The van der Waals surface area contributed by atoms with Gasteiger partial charge in [-0.1, -0.05) is 50.2 Å². The van der Waals surface area contributed by atoms with Crippen molar-refractivity contribution >= 4 is 22.6 Å². The van der Waals surface area contributed by atoms with Crippen molar-refractivity contribution < 1.29 is 4.79 Å². The topological polar surface area (TPSA) is 101 Å². The molecule has 2 aromatic heterocycles. The minimum Gasteiger partial charge on any atom is -0.381 e. The molecule has 0 radical (unpaired) electrons. The van der Waals surface area contributed by atoms with Crippen LogP contribution in [0.4, 0.5) is 5.69 Å². The standard InChI is InChI=1S/C27H36N6O2/c1-5-24(19-9-7-18(8-10-19)17(3)4)31-27(34)23-15-28-26-22(16-29-33(26)6-2)25(23)30-20-11-13-21(32-35)14-12-20/h7-10,15-17,20-21,24H,5-6,11-14H2,1-4H3,(H,28,30)(H,31,34). The van der Waals surface area contributed by atoms with Gasteiger partial charge in [0.05, 0.1) is 34.9 Å². The van der Waals surface area contributed by atoms with E-state index in [1.165, 1.54) is 5.56 Å². The molecule has 1 aliphatic carbocycles. The second-order valence-corrected chi connectivity index (χ2v) is 9.76. The zero-order valence-corrected chi connectivity index (χ0v) is 21.1. The van der Waals surface area contributed by atoms with E-state index < -0.39 is 0 Å². The largest absolute Gasteiger partial charge is 0.381 e. The molecule has 0 saturated heterocycles. The highest BCUT2D eigenvalue weighted by atomic mass is 16.3. The van der Waals surface area contributed by atoms with E-state index in [1.807, 2.05) is 11.6 Å². The fraction of sp³-hybridized carbons (Fsp3) is 0.519. The number of aromatic nitrogens is 3. The van der Waals surface area contributed by atoms with Gasteiger partial charge in [-0.25, -0.2) is 9.67 Å². The molecule has 35 heavy (non-hydrogen) atoms. The third-order valence-electron chi connectivity index (χ3n) is 7.12. The SMILES string of the molecule is CCC(NC(=O)c1cnc2c(cnn2CC)c1NC1CCC(N=O)CC1)c1ccc(C(C)C)cc1. The van der Waals surface area contributed by atoms with E-state index in [2.05, 4.69) is 70.9 Å². The van der Waals surface area contributed by atoms with Gasteiger partial charge in [-0.2, -0.15) is 10.0 Å². The number of nitroso groups, excluding NO2 is 1. The zero-order chi connectivity index (χ0) is 24.9. The van der Waals surface area contributed by atoms with Crippen molar-refractivity contribution in [2.75, 3.05) is 5.32 Å². The minimum atomic E-state index is -0.158. The normalized spacial score (nSPS) is 19.0. The monoisotopic (exact) mass is 476 g/mol. The zero-order valence-electron chi connectivity index (χ0n) is 21.1. The smallest absolute Gasteiger partial charge is 0.255 e. The van der Waals surface area contributed by atoms with Crippen LogP contribution in [0.3, 0.4) is 0 Å². The van der Waals surface area contributed by atoms with Crippen LogP contribution < -0.4 is 10.6 Å². The average Bonchev–Trinajstić information content (AvgIpc) is 3.31. The molecule has 1 unspecified atom stereocenters. The fourth-order valence-electron chi connectivity index (χ4n) is 4.89. The summed E-state index contributed by atoms with van der Waals surface area (Å²) in [5.41, 5.74) is 4.41. The number of carbonyl (C=O) groups excluding carboxylic acids is 1. The number of fused-ring (bicyclic) bond motifs is 1. The lowest BCUT2D eigenvalue weighted by atomic mass is 9.91. The number of hydrogen-bond donors (Lipinski definition) is 2. The van der Waals surface area contributed by atoms with Crippen molar-refractivity contribution in [1.29, 1.82) is 0 Å². The van der Waals surface area contributed by atoms with Crippen LogP contribution >= 0.6 is 0 Å². The van der Waals surface area contributed by atoms with Crippen molar-refractivity contribution in [2.45, 2.75) is 90.4 Å². The molecule has 186 valence electrons. The van der Waals surface area contributed by atoms with Crippen LogP contribution in [0, 0.1) is 4.91 Å². The van der Waals surface area contributed by atoms with Gasteiger partial charge < -0.3 is 10.6 Å². The molecule has 4 rings (SSSR count). The third-order valence-corrected chi connectivity index (χ3v) is 7.12. The van der Waals surface area contributed by atoms with Crippen LogP contribution in [0.1, 0.15) is 93.2 Å². The number of carbonyl (C=O) groups is 1. The van der Waals surface area contributed by atoms with Crippen LogP contribution in [-0.4, -0.2) is 32.8 Å². The Bertz CT molecular complexity index is 1160. The Kier molecular flexibility index (Phi) is 7.78. The number of amides is 1. The van der Waals surface area contributed by atoms with E-state index in [0.29, 0.717) is 18.0 Å². The van der Waals surface area contributed by atoms with Crippen molar-refractivity contribution in [3.63, 3.8) is 0 Å². The van der Waals surface area contributed by atoms with E-state index in [9.17, 15) is 9.70 Å². The van der Waals surface area contributed by atoms with Crippen molar-refractivity contribution in [2.24, 2.45) is 5.18 Å². The molecular weight excluding hydrogens is 440 g/mol. The number of benzene rings is 1. The average molecular weight is 477 g/mol. The summed E-state index contributed by atoms with van der Waals surface area (Å²) in [7, 11) is 0. The number of hydrogen-bond acceptors (Lipinski definition) is 6. The van der Waals surface area contributed by atoms with E-state index >= 15 is 0 Å². The van der Waals surface area contributed by atoms with Gasteiger partial charge in [0.1, 0.15) is 0 Å². The molecule has 0 spiro atoms. The van der Waals surface area contributed by atoms with Crippen LogP contribution in [0.25, 0.3) is 11.0 Å². The summed E-state index contributed by atoms with van der Waals surface area (Å²) in [4.78, 5) is 29.1. The minimum absolute atomic E-state index is 0.0975. The molecular formula is C27H36N6O2. The van der Waals surface area contributed by atoms with Gasteiger partial charge in [-0.05, 0) is 56.1 Å². The van der Waals surface area contributed by atoms with Gasteiger partial charge in [0.25, 0.3) is 5.91 Å². The van der Waals surface area contributed by atoms with Crippen molar-refractivity contribution in [1.82, 2.24) is 20.1 Å². The molecule has 1 amide bonds. The second kappa shape index (κ2) is 11.0. The molecule has 8 heteroatoms. The molecule has 1 fully saturated rings. The quantitative estimate of drug-likeness (QED) is 0.372. The molecule has 1 aliphatic rings. The summed E-state index contributed by atoms with van der Waals surface area (Å²) in [6, 6.07) is 8.45. The lowest BCUT2D eigenvalue weighted by Gasteiger charge is -2.27. The molecule has 0 bridgehead atoms. The second-order valence-electron chi connectivity index (χ2n) is 9.76. The van der Waals surface area contributed by atoms with E-state index in [0.717, 1.165) is 54.4 Å². The molecule has 2 heterocycles. The van der Waals surface area contributed by atoms with E-state index in [-0.39, 0.29) is 24.0 Å². The Morgan fingerprint density at radius 3 is 2.37 bits per heavy atom. The lowest BCUT2D eigenvalue weighted by molar-refractivity contribution is 0.0936. The summed E-state index contributed by atoms with van der Waals surface area (Å²) < 4.78 is 1.83. The number of aryl methyl sites for hydroxylation is 1. The highest BCUT2D eigenvalue weighted by Crippen LogP contribution is 2.31. The Labute approximate surface area is 206 Å². The first kappa shape index (κ1) is 24.8. The number of anilines is 1. The molecule has 3 aromatic rings. The molecule has 0 aliphatic heterocycles. The van der Waals surface area contributed by atoms with Crippen molar-refractivity contribution in [3.8, 4) is 0 Å². The maximum Gasteiger partial charge on any atom is 0.255 e. The van der Waals surface area contributed by atoms with Crippen LogP contribution in [0.15, 0.2) is 41.8 Å². The predicted molar refractivity (Wildman–Crippen MR) is 140 cm³/mol. The maximum absolute atomic E-state index is 13.6. The summed E-state index contributed by atoms with van der Waals surface area (Å²) in [6.07, 6.45) is 7.41. The van der Waals surface area contributed by atoms with Gasteiger partial charge in [0.2, 0.25) is 0 Å². The number of nitrogens with one attached hydrogen (secondary N) is 2. The fourth-order valence-corrected chi connectivity index (χ4v) is 4.89. The predicted octanol–water partition coefficient (Wildman–Crippen LogP) is 5.95. The van der Waals surface area contributed by atoms with Gasteiger partial charge in [0.15, 0.2) is 5.65 Å². The number of nitrogens with zero attached hydrogens (tertiary/aromatic N) is 4. The first-order valence-corrected chi connectivity index (χ1v) is 12.8. The number of pyridine rings is 1. The molecule has 1 aromatic carbocycles. The van der Waals surface area contributed by atoms with Gasteiger partial charge in [-0.3, -0.25) is 4.79 Å². The summed E-state index contributed by atoms with van der Waals surface area (Å²) in [5.74, 6) is 0.306. The number of rotatable bonds is 9. The van der Waals surface area contributed by atoms with Crippen LogP contribution in [-0.2, 0) is 6.54 Å². The molecule has 1 saturated carbocycles. The van der Waals surface area contributed by atoms with Gasteiger partial charge in [-0.15, -0.1) is 0 Å². The third kappa shape index (κ3) is 5.36. The highest BCUT2D eigenvalue weighted by molar-refractivity contribution is 6.06. The first-order chi connectivity index (χ1) is 16.9. The van der Waals surface area contributed by atoms with Gasteiger partial charge in [0, 0.05) is 18.8 Å². The Morgan fingerprint density at radius 1 is 1.09 bits per heavy atom. The first-order valence-electron chi connectivity index (χ1n) is 12.8. The Hall–Kier alpha value is -3.29. The molecule has 8 nitrogen and oxygen atoms in total. The summed E-state index contributed by atoms with van der Waals surface area (Å²) in [6.45, 7) is 9.14. The van der Waals surface area contributed by atoms with E-state index in [1.54, 1.807) is 12.4 Å². The molecule has 1 atom stereocenters. The van der Waals surface area contributed by atoms with Crippen LogP contribution in [0.5, 0.6) is 0 Å². The lowest BCUT2D eigenvalue weighted by Crippen LogP contribution is -2.31. The molecule has 2 N–H and O–H groups in total. The Morgan fingerprint density at radius 2 is 1.77 bits per heavy atom. The van der Waals surface area contributed by atoms with Gasteiger partial charge >= 0.3 is 0 Å². The Balaban J connectivity index is 1.62.